The van der Waals surface area contributed by atoms with E-state index in [9.17, 15) is 10.4 Å². The first kappa shape index (κ1) is 6.91. The molecule has 1 radical (unpaired) electrons. The van der Waals surface area contributed by atoms with E-state index in [1.54, 1.807) is 27.7 Å². The number of rotatable bonds is 0. The first-order valence-corrected chi connectivity index (χ1v) is 3.51. The molecule has 0 unspecified atom stereocenters. The molecule has 1 rings (SSSR count). The molecule has 0 aromatic carbocycles. The van der Waals surface area contributed by atoms with Crippen molar-refractivity contribution in [3.63, 3.8) is 0 Å². The number of hydrogen-bond acceptors (Lipinski definition) is 2. The van der Waals surface area contributed by atoms with Gasteiger partial charge in [-0.15, -0.1) is 0 Å². The maximum atomic E-state index is 11.3. The molecular formula is C7H13N2O2. The maximum Gasteiger partial charge on any atom is 0.272 e. The van der Waals surface area contributed by atoms with Crippen LogP contribution in [0.4, 0.5) is 0 Å². The van der Waals surface area contributed by atoms with Crippen molar-refractivity contribution < 1.29 is 11.3 Å². The fourth-order valence-corrected chi connectivity index (χ4v) is 0.829. The van der Waals surface area contributed by atoms with Crippen molar-refractivity contribution in [1.82, 2.24) is 5.06 Å². The molecule has 0 aliphatic carbocycles. The van der Waals surface area contributed by atoms with Crippen LogP contribution in [0.25, 0.3) is 0 Å². The molecule has 0 saturated carbocycles. The smallest absolute Gasteiger partial charge is 0.272 e. The minimum absolute atomic E-state index is 0.458. The molecule has 0 bridgehead atoms. The van der Waals surface area contributed by atoms with Crippen LogP contribution in [0, 0.1) is 5.21 Å². The molecule has 0 N–H and O–H groups in total. The van der Waals surface area contributed by atoms with Gasteiger partial charge in [0, 0.05) is 5.21 Å². The fraction of sp³-hybridized carbons (Fsp3) is 0.857. The number of nitrogens with zero attached hydrogens (tertiary/aromatic N) is 2. The van der Waals surface area contributed by atoms with Crippen LogP contribution in [0.1, 0.15) is 29.1 Å². The van der Waals surface area contributed by atoms with Crippen molar-refractivity contribution >= 4 is 6.31 Å². The van der Waals surface area contributed by atoms with E-state index in [0.29, 0.717) is 9.80 Å². The Labute approximate surface area is 67.7 Å². The SMILES string of the molecule is [2H]C1=[N+]([O-])C(C)(C)C(C)(C)N1[O]. The summed E-state index contributed by atoms with van der Waals surface area (Å²) in [7, 11) is 0. The Hall–Kier alpha value is -0.770. The summed E-state index contributed by atoms with van der Waals surface area (Å²) in [6.07, 6.45) is -0.509. The highest BCUT2D eigenvalue weighted by molar-refractivity contribution is 5.52. The first-order valence-electron chi connectivity index (χ1n) is 4.01. The van der Waals surface area contributed by atoms with Gasteiger partial charge < -0.3 is 5.21 Å². The zero-order chi connectivity index (χ0) is 9.73. The third kappa shape index (κ3) is 0.822. The summed E-state index contributed by atoms with van der Waals surface area (Å²) in [5.74, 6) is 0. The highest BCUT2D eigenvalue weighted by Gasteiger charge is 2.55. The Bertz CT molecular complexity index is 248. The third-order valence-electron chi connectivity index (χ3n) is 2.69. The van der Waals surface area contributed by atoms with Gasteiger partial charge in [-0.1, -0.05) is 5.06 Å². The predicted molar refractivity (Wildman–Crippen MR) is 40.4 cm³/mol. The Kier molecular flexibility index (Phi) is 1.18. The monoisotopic (exact) mass is 158 g/mol. The Morgan fingerprint density at radius 1 is 1.55 bits per heavy atom. The molecule has 1 heterocycles. The summed E-state index contributed by atoms with van der Waals surface area (Å²) in [6, 6.07) is 0. The van der Waals surface area contributed by atoms with Crippen LogP contribution in [0.5, 0.6) is 0 Å². The van der Waals surface area contributed by atoms with Gasteiger partial charge >= 0.3 is 0 Å². The van der Waals surface area contributed by atoms with E-state index < -0.39 is 17.4 Å². The second kappa shape index (κ2) is 1.88. The molecular weight excluding hydrogens is 144 g/mol. The van der Waals surface area contributed by atoms with Crippen LogP contribution in [0.3, 0.4) is 0 Å². The average molecular weight is 158 g/mol. The van der Waals surface area contributed by atoms with Crippen LogP contribution < -0.4 is 0 Å². The summed E-state index contributed by atoms with van der Waals surface area (Å²) in [6.45, 7) is 6.64. The molecule has 0 amide bonds. The molecule has 0 spiro atoms. The van der Waals surface area contributed by atoms with Gasteiger partial charge in [-0.2, -0.15) is 0 Å². The largest absolute Gasteiger partial charge is 0.715 e. The normalized spacial score (nSPS) is 29.2. The minimum Gasteiger partial charge on any atom is -0.715 e. The average Bonchev–Trinajstić information content (AvgIpc) is 2.05. The molecule has 0 aromatic heterocycles. The van der Waals surface area contributed by atoms with E-state index in [1.807, 2.05) is 0 Å². The van der Waals surface area contributed by atoms with Crippen LogP contribution in [0.15, 0.2) is 0 Å². The van der Waals surface area contributed by atoms with Crippen molar-refractivity contribution in [2.75, 3.05) is 0 Å². The molecule has 0 saturated heterocycles. The molecule has 4 nitrogen and oxygen atoms in total. The highest BCUT2D eigenvalue weighted by Crippen LogP contribution is 2.32. The van der Waals surface area contributed by atoms with Gasteiger partial charge in [0.1, 0.15) is 5.54 Å². The lowest BCUT2D eigenvalue weighted by Crippen LogP contribution is -2.52. The van der Waals surface area contributed by atoms with Gasteiger partial charge in [-0.3, -0.25) is 4.74 Å². The third-order valence-corrected chi connectivity index (χ3v) is 2.69. The molecule has 1 aliphatic rings. The lowest BCUT2D eigenvalue weighted by molar-refractivity contribution is -0.536. The molecule has 0 fully saturated rings. The topological polar surface area (TPSA) is 49.2 Å². The number of amidine groups is 1. The lowest BCUT2D eigenvalue weighted by atomic mass is 9.84. The fourth-order valence-electron chi connectivity index (χ4n) is 0.829. The summed E-state index contributed by atoms with van der Waals surface area (Å²) in [4.78, 5) is 0. The van der Waals surface area contributed by atoms with E-state index in [0.717, 1.165) is 0 Å². The highest BCUT2D eigenvalue weighted by atomic mass is 16.5. The van der Waals surface area contributed by atoms with E-state index in [4.69, 9.17) is 1.37 Å². The number of hydroxylamine groups is 3. The summed E-state index contributed by atoms with van der Waals surface area (Å²) >= 11 is 0. The maximum absolute atomic E-state index is 11.3. The summed E-state index contributed by atoms with van der Waals surface area (Å²) < 4.78 is 7.66. The van der Waals surface area contributed by atoms with Crippen molar-refractivity contribution in [2.45, 2.75) is 38.8 Å². The molecule has 0 aromatic rings. The van der Waals surface area contributed by atoms with Gasteiger partial charge in [0.2, 0.25) is 0 Å². The minimum atomic E-state index is -0.841. The lowest BCUT2D eigenvalue weighted by Gasteiger charge is -2.33. The van der Waals surface area contributed by atoms with E-state index in [2.05, 4.69) is 0 Å². The van der Waals surface area contributed by atoms with Crippen molar-refractivity contribution in [1.29, 1.82) is 0 Å². The number of hydrogen-bond donors (Lipinski definition) is 0. The zero-order valence-corrected chi connectivity index (χ0v) is 7.21. The summed E-state index contributed by atoms with van der Waals surface area (Å²) in [5.41, 5.74) is -1.68. The quantitative estimate of drug-likeness (QED) is 0.385. The molecule has 1 aliphatic heterocycles. The van der Waals surface area contributed by atoms with Gasteiger partial charge in [-0.25, -0.2) is 0 Å². The van der Waals surface area contributed by atoms with E-state index >= 15 is 0 Å². The second-order valence-corrected chi connectivity index (χ2v) is 3.81. The Balaban J connectivity index is 3.22. The second-order valence-electron chi connectivity index (χ2n) is 3.81. The van der Waals surface area contributed by atoms with E-state index in [-0.39, 0.29) is 0 Å². The molecule has 11 heavy (non-hydrogen) atoms. The summed E-state index contributed by atoms with van der Waals surface area (Å²) in [5, 5.41) is 23.1. The standard InChI is InChI=1S/C7H13N2O2/c1-6(2)7(3,4)9(11)5-8(6)10/h5H,1-4H3/i5D. The van der Waals surface area contributed by atoms with Gasteiger partial charge in [0.05, 0.1) is 0 Å². The van der Waals surface area contributed by atoms with Gasteiger partial charge in [-0.05, 0) is 27.7 Å². The predicted octanol–water partition coefficient (Wildman–Crippen LogP) is 0.743. The van der Waals surface area contributed by atoms with Crippen LogP contribution in [0.2, 0.25) is 0 Å². The van der Waals surface area contributed by atoms with Gasteiger partial charge in [0.15, 0.2) is 6.91 Å². The van der Waals surface area contributed by atoms with Crippen molar-refractivity contribution in [3.8, 4) is 0 Å². The molecule has 0 atom stereocenters. The Morgan fingerprint density at radius 2 is 2.00 bits per heavy atom. The van der Waals surface area contributed by atoms with Crippen molar-refractivity contribution in [3.05, 3.63) is 5.21 Å². The van der Waals surface area contributed by atoms with Gasteiger partial charge in [0.25, 0.3) is 6.31 Å². The first-order chi connectivity index (χ1) is 5.23. The Morgan fingerprint density at radius 3 is 2.09 bits per heavy atom. The van der Waals surface area contributed by atoms with Crippen LogP contribution in [-0.4, -0.2) is 27.2 Å². The van der Waals surface area contributed by atoms with Crippen molar-refractivity contribution in [2.24, 2.45) is 0 Å². The van der Waals surface area contributed by atoms with Crippen LogP contribution >= 0.6 is 0 Å². The van der Waals surface area contributed by atoms with Crippen LogP contribution in [-0.2, 0) is 5.21 Å². The molecule has 4 heteroatoms. The van der Waals surface area contributed by atoms with E-state index in [1.165, 1.54) is 0 Å². The molecule has 63 valence electrons. The zero-order valence-electron chi connectivity index (χ0n) is 8.21.